The van der Waals surface area contributed by atoms with Gasteiger partial charge in [-0.1, -0.05) is 37.6 Å². The Morgan fingerprint density at radius 1 is 1.29 bits per heavy atom. The van der Waals surface area contributed by atoms with Gasteiger partial charge in [0, 0.05) is 16.3 Å². The zero-order chi connectivity index (χ0) is 15.5. The van der Waals surface area contributed by atoms with E-state index in [1.54, 1.807) is 35.6 Å². The Bertz CT molecular complexity index is 694. The first-order chi connectivity index (χ1) is 9.85. The van der Waals surface area contributed by atoms with Gasteiger partial charge in [0.2, 0.25) is 10.0 Å². The van der Waals surface area contributed by atoms with Gasteiger partial charge in [0.05, 0.1) is 23.0 Å². The van der Waals surface area contributed by atoms with Crippen LogP contribution in [0, 0.1) is 0 Å². The summed E-state index contributed by atoms with van der Waals surface area (Å²) in [5.74, 6) is 0.292. The average Bonchev–Trinajstić information content (AvgIpc) is 2.88. The van der Waals surface area contributed by atoms with E-state index >= 15 is 0 Å². The molecule has 4 nitrogen and oxygen atoms in total. The molecule has 1 N–H and O–H groups in total. The Balaban J connectivity index is 1.95. The van der Waals surface area contributed by atoms with E-state index in [0.29, 0.717) is 16.5 Å². The molecule has 21 heavy (non-hydrogen) atoms. The van der Waals surface area contributed by atoms with Crippen molar-refractivity contribution in [3.05, 3.63) is 50.9 Å². The van der Waals surface area contributed by atoms with Crippen LogP contribution in [-0.4, -0.2) is 13.4 Å². The summed E-state index contributed by atoms with van der Waals surface area (Å²) in [5.41, 5.74) is 1.46. The summed E-state index contributed by atoms with van der Waals surface area (Å²) >= 11 is 7.33. The second-order valence-corrected chi connectivity index (χ2v) is 8.17. The third-order valence-corrected chi connectivity index (χ3v) is 5.55. The molecule has 0 spiro atoms. The number of nitrogens with one attached hydrogen (secondary N) is 1. The third kappa shape index (κ3) is 5.07. The van der Waals surface area contributed by atoms with Crippen molar-refractivity contribution in [2.75, 3.05) is 0 Å². The van der Waals surface area contributed by atoms with Crippen molar-refractivity contribution in [1.29, 1.82) is 0 Å². The van der Waals surface area contributed by atoms with E-state index in [1.807, 2.05) is 5.38 Å². The number of thiazole rings is 1. The second-order valence-electron chi connectivity index (χ2n) is 5.04. The van der Waals surface area contributed by atoms with Crippen LogP contribution in [0.25, 0.3) is 0 Å². The lowest BCUT2D eigenvalue weighted by molar-refractivity contribution is 0.579. The van der Waals surface area contributed by atoms with Gasteiger partial charge >= 0.3 is 0 Å². The Morgan fingerprint density at radius 3 is 2.52 bits per heavy atom. The van der Waals surface area contributed by atoms with Crippen LogP contribution in [-0.2, 0) is 22.3 Å². The average molecular weight is 345 g/mol. The summed E-state index contributed by atoms with van der Waals surface area (Å²) in [5, 5.41) is 3.50. The Kier molecular flexibility index (Phi) is 5.37. The Labute approximate surface area is 134 Å². The molecule has 0 atom stereocenters. The molecule has 0 saturated heterocycles. The normalized spacial score (nSPS) is 12.0. The van der Waals surface area contributed by atoms with Crippen molar-refractivity contribution < 1.29 is 8.42 Å². The van der Waals surface area contributed by atoms with E-state index in [0.717, 1.165) is 10.7 Å². The van der Waals surface area contributed by atoms with Gasteiger partial charge in [0.1, 0.15) is 0 Å². The minimum absolute atomic E-state index is 0.0641. The molecule has 0 radical (unpaired) electrons. The quantitative estimate of drug-likeness (QED) is 0.871. The lowest BCUT2D eigenvalue weighted by Crippen LogP contribution is -2.24. The molecule has 0 fully saturated rings. The highest BCUT2D eigenvalue weighted by atomic mass is 35.5. The first kappa shape index (κ1) is 16.4. The summed E-state index contributed by atoms with van der Waals surface area (Å²) in [6.45, 7) is 4.35. The molecule has 114 valence electrons. The van der Waals surface area contributed by atoms with Crippen LogP contribution < -0.4 is 4.72 Å². The van der Waals surface area contributed by atoms with Crippen LogP contribution >= 0.6 is 22.9 Å². The number of aromatic nitrogens is 1. The number of halogens is 1. The summed E-state index contributed by atoms with van der Waals surface area (Å²) < 4.78 is 26.6. The second kappa shape index (κ2) is 6.87. The van der Waals surface area contributed by atoms with Crippen molar-refractivity contribution in [2.24, 2.45) is 0 Å². The van der Waals surface area contributed by atoms with E-state index in [9.17, 15) is 8.42 Å². The molecule has 0 unspecified atom stereocenters. The van der Waals surface area contributed by atoms with Gasteiger partial charge in [0.25, 0.3) is 0 Å². The smallest absolute Gasteiger partial charge is 0.216 e. The lowest BCUT2D eigenvalue weighted by atomic mass is 10.2. The predicted molar refractivity (Wildman–Crippen MR) is 87.1 cm³/mol. The molecular formula is C14H17ClN2O2S2. The maximum atomic E-state index is 12.0. The van der Waals surface area contributed by atoms with Crippen LogP contribution in [0.15, 0.2) is 29.6 Å². The zero-order valence-corrected chi connectivity index (χ0v) is 14.2. The molecule has 0 aliphatic heterocycles. The van der Waals surface area contributed by atoms with Gasteiger partial charge < -0.3 is 0 Å². The van der Waals surface area contributed by atoms with Crippen LogP contribution in [0.5, 0.6) is 0 Å². The first-order valence-corrected chi connectivity index (χ1v) is 9.43. The summed E-state index contributed by atoms with van der Waals surface area (Å²) in [6.07, 6.45) is 0. The highest BCUT2D eigenvalue weighted by Gasteiger charge is 2.13. The van der Waals surface area contributed by atoms with Crippen LogP contribution in [0.1, 0.15) is 36.0 Å². The Morgan fingerprint density at radius 2 is 1.95 bits per heavy atom. The minimum atomic E-state index is -3.39. The molecule has 0 amide bonds. The molecule has 2 rings (SSSR count). The van der Waals surface area contributed by atoms with Crippen LogP contribution in [0.2, 0.25) is 5.02 Å². The van der Waals surface area contributed by atoms with Crippen LogP contribution in [0.4, 0.5) is 0 Å². The monoisotopic (exact) mass is 344 g/mol. The van der Waals surface area contributed by atoms with Crippen molar-refractivity contribution in [3.8, 4) is 0 Å². The number of sulfonamides is 1. The zero-order valence-electron chi connectivity index (χ0n) is 11.8. The van der Waals surface area contributed by atoms with E-state index in [-0.39, 0.29) is 12.3 Å². The largest absolute Gasteiger partial charge is 0.245 e. The van der Waals surface area contributed by atoms with Gasteiger partial charge in [-0.2, -0.15) is 0 Å². The maximum Gasteiger partial charge on any atom is 0.216 e. The number of hydrogen-bond donors (Lipinski definition) is 1. The fraction of sp³-hybridized carbons (Fsp3) is 0.357. The molecular weight excluding hydrogens is 328 g/mol. The lowest BCUT2D eigenvalue weighted by Gasteiger charge is -2.05. The fourth-order valence-corrected chi connectivity index (χ4v) is 3.77. The van der Waals surface area contributed by atoms with Crippen LogP contribution in [0.3, 0.4) is 0 Å². The van der Waals surface area contributed by atoms with Gasteiger partial charge in [-0.25, -0.2) is 18.1 Å². The standard InChI is InChI=1S/C14H17ClN2O2S2/c1-10(2)14-17-13(8-20-14)7-16-21(18,19)9-11-3-5-12(15)6-4-11/h3-6,8,10,16H,7,9H2,1-2H3. The Hall–Kier alpha value is -0.950. The first-order valence-electron chi connectivity index (χ1n) is 6.52. The van der Waals surface area contributed by atoms with E-state index < -0.39 is 10.0 Å². The van der Waals surface area contributed by atoms with Gasteiger partial charge in [-0.3, -0.25) is 0 Å². The molecule has 7 heteroatoms. The van der Waals surface area contributed by atoms with Crippen molar-refractivity contribution in [3.63, 3.8) is 0 Å². The van der Waals surface area contributed by atoms with E-state index in [2.05, 4.69) is 23.6 Å². The van der Waals surface area contributed by atoms with E-state index in [4.69, 9.17) is 11.6 Å². The number of rotatable bonds is 6. The molecule has 1 aromatic heterocycles. The molecule has 0 bridgehead atoms. The fourth-order valence-electron chi connectivity index (χ4n) is 1.70. The SMILES string of the molecule is CC(C)c1nc(CNS(=O)(=O)Cc2ccc(Cl)cc2)cs1. The van der Waals surface area contributed by atoms with Crippen molar-refractivity contribution in [1.82, 2.24) is 9.71 Å². The highest BCUT2D eigenvalue weighted by Crippen LogP contribution is 2.19. The molecule has 0 saturated carbocycles. The molecule has 1 aromatic carbocycles. The number of nitrogens with zero attached hydrogens (tertiary/aromatic N) is 1. The van der Waals surface area contributed by atoms with Gasteiger partial charge in [-0.05, 0) is 17.7 Å². The summed E-state index contributed by atoms with van der Waals surface area (Å²) in [4.78, 5) is 4.41. The predicted octanol–water partition coefficient (Wildman–Crippen LogP) is 3.54. The molecule has 2 aromatic rings. The van der Waals surface area contributed by atoms with Gasteiger partial charge in [-0.15, -0.1) is 11.3 Å². The van der Waals surface area contributed by atoms with Crippen molar-refractivity contribution in [2.45, 2.75) is 32.1 Å². The number of benzene rings is 1. The highest BCUT2D eigenvalue weighted by molar-refractivity contribution is 7.88. The summed E-state index contributed by atoms with van der Waals surface area (Å²) in [7, 11) is -3.39. The molecule has 0 aliphatic carbocycles. The van der Waals surface area contributed by atoms with E-state index in [1.165, 1.54) is 0 Å². The third-order valence-electron chi connectivity index (χ3n) is 2.81. The topological polar surface area (TPSA) is 59.1 Å². The molecule has 0 aliphatic rings. The number of hydrogen-bond acceptors (Lipinski definition) is 4. The minimum Gasteiger partial charge on any atom is -0.245 e. The molecule has 1 heterocycles. The van der Waals surface area contributed by atoms with Crippen molar-refractivity contribution >= 4 is 33.0 Å². The maximum absolute atomic E-state index is 12.0. The van der Waals surface area contributed by atoms with Gasteiger partial charge in [0.15, 0.2) is 0 Å². The summed E-state index contributed by atoms with van der Waals surface area (Å²) in [6, 6.07) is 6.78.